The molecule has 8 N–H and O–H groups in total. The number of H-pyrrole nitrogens is 1. The Bertz CT molecular complexity index is 1550. The van der Waals surface area contributed by atoms with E-state index in [1.807, 2.05) is 31.2 Å². The van der Waals surface area contributed by atoms with E-state index >= 15 is 4.39 Å². The molecule has 218 valence electrons. The summed E-state index contributed by atoms with van der Waals surface area (Å²) in [6.45, 7) is 5.47. The van der Waals surface area contributed by atoms with Gasteiger partial charge in [0.25, 0.3) is 0 Å². The molecule has 11 heteroatoms. The van der Waals surface area contributed by atoms with Gasteiger partial charge in [-0.3, -0.25) is 9.98 Å². The second kappa shape index (κ2) is 13.9. The number of fused-ring (bicyclic) bond motifs is 1. The maximum absolute atomic E-state index is 15.1. The Labute approximate surface area is 244 Å². The molecule has 4 aromatic rings. The lowest BCUT2D eigenvalue weighted by Crippen LogP contribution is -2.38. The van der Waals surface area contributed by atoms with Crippen molar-refractivity contribution in [1.82, 2.24) is 25.2 Å². The van der Waals surface area contributed by atoms with Crippen LogP contribution < -0.4 is 27.8 Å². The number of nitrogens with one attached hydrogen (secondary N) is 4. The van der Waals surface area contributed by atoms with Crippen LogP contribution in [0.25, 0.3) is 28.0 Å². The third-order valence-corrected chi connectivity index (χ3v) is 7.26. The molecule has 0 unspecified atom stereocenters. The van der Waals surface area contributed by atoms with Crippen LogP contribution in [0.2, 0.25) is 5.02 Å². The summed E-state index contributed by atoms with van der Waals surface area (Å²) in [7, 11) is 0. The van der Waals surface area contributed by atoms with Crippen LogP contribution in [0.5, 0.6) is 0 Å². The van der Waals surface area contributed by atoms with Crippen molar-refractivity contribution in [3.8, 4) is 16.9 Å². The van der Waals surface area contributed by atoms with E-state index in [2.05, 4.69) is 20.6 Å². The highest BCUT2D eigenvalue weighted by molar-refractivity contribution is 6.31. The molecule has 2 aromatic carbocycles. The second-order valence-electron chi connectivity index (χ2n) is 10.5. The van der Waals surface area contributed by atoms with Crippen LogP contribution in [0.1, 0.15) is 44.2 Å². The van der Waals surface area contributed by atoms with Gasteiger partial charge in [-0.05, 0) is 81.0 Å². The van der Waals surface area contributed by atoms with Gasteiger partial charge in [0, 0.05) is 48.9 Å². The maximum Gasteiger partial charge on any atom is 0.354 e. The summed E-state index contributed by atoms with van der Waals surface area (Å²) in [5.74, 6) is -0.0868. The summed E-state index contributed by atoms with van der Waals surface area (Å²) < 4.78 is 16.5. The predicted octanol–water partition coefficient (Wildman–Crippen LogP) is 4.24. The number of hydrogen-bond acceptors (Lipinski definition) is 6. The minimum atomic E-state index is -0.522. The Balaban J connectivity index is 1.51. The largest absolute Gasteiger partial charge is 0.374 e. The first kappa shape index (κ1) is 30.4. The molecule has 2 aromatic heterocycles. The average Bonchev–Trinajstić information content (AvgIpc) is 3.34. The van der Waals surface area contributed by atoms with Gasteiger partial charge in [0.1, 0.15) is 5.65 Å². The van der Waals surface area contributed by atoms with Crippen molar-refractivity contribution < 1.29 is 4.39 Å². The number of rotatable bonds is 13. The molecule has 0 saturated heterocycles. The topological polar surface area (TPSA) is 151 Å². The minimum absolute atomic E-state index is 0.0509. The third kappa shape index (κ3) is 8.01. The number of aromatic nitrogens is 3. The van der Waals surface area contributed by atoms with Gasteiger partial charge in [0.15, 0.2) is 5.82 Å². The van der Waals surface area contributed by atoms with Crippen LogP contribution in [0, 0.1) is 11.2 Å². The Kier molecular flexibility index (Phi) is 10.3. The fourth-order valence-corrected chi connectivity index (χ4v) is 4.95. The van der Waals surface area contributed by atoms with Gasteiger partial charge in [0.05, 0.1) is 22.2 Å². The normalized spacial score (nSPS) is 12.9. The molecule has 0 spiro atoms. The van der Waals surface area contributed by atoms with E-state index in [0.29, 0.717) is 53.4 Å². The lowest BCUT2D eigenvalue weighted by atomic mass is 10.0. The molecule has 0 bridgehead atoms. The molecule has 0 aliphatic rings. The van der Waals surface area contributed by atoms with Crippen molar-refractivity contribution >= 4 is 28.5 Å². The van der Waals surface area contributed by atoms with Gasteiger partial charge in [-0.2, -0.15) is 4.98 Å². The molecule has 0 amide bonds. The predicted molar refractivity (Wildman–Crippen MR) is 164 cm³/mol. The van der Waals surface area contributed by atoms with Crippen molar-refractivity contribution in [2.24, 2.45) is 11.5 Å². The van der Waals surface area contributed by atoms with E-state index in [0.717, 1.165) is 36.8 Å². The Hall–Kier alpha value is -3.57. The van der Waals surface area contributed by atoms with E-state index < -0.39 is 11.5 Å². The number of halogens is 2. The molecule has 0 radical (unpaired) electrons. The first-order valence-corrected chi connectivity index (χ1v) is 14.2. The van der Waals surface area contributed by atoms with Gasteiger partial charge < -0.3 is 27.1 Å². The smallest absolute Gasteiger partial charge is 0.354 e. The molecule has 9 nitrogen and oxygen atoms in total. The monoisotopic (exact) mass is 580 g/mol. The number of amidine groups is 1. The Morgan fingerprint density at radius 3 is 2.63 bits per heavy atom. The lowest BCUT2D eigenvalue weighted by molar-refractivity contribution is 0.484. The maximum atomic E-state index is 15.1. The molecular formula is C30H38ClFN8O. The molecule has 2 heterocycles. The summed E-state index contributed by atoms with van der Waals surface area (Å²) >= 11 is 6.23. The lowest BCUT2D eigenvalue weighted by Gasteiger charge is -2.17. The summed E-state index contributed by atoms with van der Waals surface area (Å²) in [6, 6.07) is 13.1. The first-order chi connectivity index (χ1) is 19.6. The fraction of sp³-hybridized carbons (Fsp3) is 0.367. The standard InChI is InChI=1S/C30H38ClFN8O/c1-18(34)4-3-5-21-12-25(28(32)26(31)13-21)27-14-22-17-40(30(41)39-29(22)38-27)24-8-6-20(7-9-24)16-37-23(15-33)10-11-36-19(2)35/h6-9,12-14,17-18,23,37H,3-5,10-11,15-16,33-34H2,1-2H3,(H2,35,36)(H,38,39,41)/t18-,23+/m0/s1. The SMILES string of the molecule is CC(=N)NCC[C@H](CN)NCc1ccc(-n2cc3cc(-c4cc(CCC[C@H](C)N)cc(Cl)c4F)[nH]c3nc2=O)cc1. The van der Waals surface area contributed by atoms with Gasteiger partial charge in [-0.25, -0.2) is 9.18 Å². The summed E-state index contributed by atoms with van der Waals surface area (Å²) in [6.07, 6.45) is 4.98. The van der Waals surface area contributed by atoms with Gasteiger partial charge in [-0.1, -0.05) is 23.7 Å². The molecule has 41 heavy (non-hydrogen) atoms. The third-order valence-electron chi connectivity index (χ3n) is 6.99. The van der Waals surface area contributed by atoms with Crippen LogP contribution in [-0.4, -0.2) is 45.5 Å². The fourth-order valence-electron chi connectivity index (χ4n) is 4.71. The second-order valence-corrected chi connectivity index (χ2v) is 10.9. The van der Waals surface area contributed by atoms with Crippen LogP contribution in [0.15, 0.2) is 53.5 Å². The number of hydrogen-bond donors (Lipinski definition) is 6. The molecule has 2 atom stereocenters. The summed E-state index contributed by atoms with van der Waals surface area (Å²) in [5, 5.41) is 14.6. The zero-order chi connectivity index (χ0) is 29.5. The van der Waals surface area contributed by atoms with E-state index in [9.17, 15) is 4.79 Å². The number of nitrogens with zero attached hydrogens (tertiary/aromatic N) is 2. The molecule has 4 rings (SSSR count). The van der Waals surface area contributed by atoms with Crippen molar-refractivity contribution in [2.75, 3.05) is 13.1 Å². The summed E-state index contributed by atoms with van der Waals surface area (Å²) in [4.78, 5) is 20.2. The van der Waals surface area contributed by atoms with Crippen LogP contribution in [0.3, 0.4) is 0 Å². The first-order valence-electron chi connectivity index (χ1n) is 13.8. The number of benzene rings is 2. The number of aromatic amines is 1. The highest BCUT2D eigenvalue weighted by Gasteiger charge is 2.16. The zero-order valence-corrected chi connectivity index (χ0v) is 24.2. The van der Waals surface area contributed by atoms with Crippen molar-refractivity contribution in [3.05, 3.63) is 81.1 Å². The van der Waals surface area contributed by atoms with Crippen molar-refractivity contribution in [1.29, 1.82) is 5.41 Å². The molecular weight excluding hydrogens is 543 g/mol. The van der Waals surface area contributed by atoms with E-state index in [1.165, 1.54) is 4.57 Å². The van der Waals surface area contributed by atoms with Crippen molar-refractivity contribution in [2.45, 2.75) is 58.2 Å². The van der Waals surface area contributed by atoms with Crippen LogP contribution in [-0.2, 0) is 13.0 Å². The van der Waals surface area contributed by atoms with E-state index in [-0.39, 0.29) is 17.1 Å². The molecule has 0 aliphatic carbocycles. The van der Waals surface area contributed by atoms with Crippen LogP contribution >= 0.6 is 11.6 Å². The minimum Gasteiger partial charge on any atom is -0.374 e. The Morgan fingerprint density at radius 2 is 1.95 bits per heavy atom. The molecule has 0 aliphatic heterocycles. The van der Waals surface area contributed by atoms with E-state index in [1.54, 1.807) is 31.3 Å². The van der Waals surface area contributed by atoms with Gasteiger partial charge >= 0.3 is 5.69 Å². The number of nitrogens with two attached hydrogens (primary N) is 2. The van der Waals surface area contributed by atoms with Gasteiger partial charge in [-0.15, -0.1) is 0 Å². The van der Waals surface area contributed by atoms with Gasteiger partial charge in [0.2, 0.25) is 0 Å². The number of aryl methyl sites for hydroxylation is 1. The highest BCUT2D eigenvalue weighted by Crippen LogP contribution is 2.31. The van der Waals surface area contributed by atoms with Crippen molar-refractivity contribution in [3.63, 3.8) is 0 Å². The quantitative estimate of drug-likeness (QED) is 0.103. The molecule has 0 saturated carbocycles. The summed E-state index contributed by atoms with van der Waals surface area (Å²) in [5.41, 5.74) is 15.1. The zero-order valence-electron chi connectivity index (χ0n) is 23.4. The average molecular weight is 581 g/mol. The Morgan fingerprint density at radius 1 is 1.20 bits per heavy atom. The van der Waals surface area contributed by atoms with E-state index in [4.69, 9.17) is 28.5 Å². The highest BCUT2D eigenvalue weighted by atomic mass is 35.5. The van der Waals surface area contributed by atoms with Crippen LogP contribution in [0.4, 0.5) is 4.39 Å². The molecule has 0 fully saturated rings.